The number of hydrogen-bond donors (Lipinski definition) is 0. The Morgan fingerprint density at radius 3 is 2.43 bits per heavy atom. The maximum Gasteiger partial charge on any atom is 0.341 e. The number of esters is 1. The number of benzene rings is 1. The molecule has 1 aromatic rings. The molecule has 1 aromatic carbocycles. The van der Waals surface area contributed by atoms with E-state index in [-0.39, 0.29) is 24.2 Å². The Bertz CT molecular complexity index is 583. The monoisotopic (exact) mass is 334 g/mol. The van der Waals surface area contributed by atoms with E-state index in [0.29, 0.717) is 11.3 Å². The average Bonchev–Trinajstić information content (AvgIpc) is 2.41. The summed E-state index contributed by atoms with van der Waals surface area (Å²) in [5.74, 6) is -0.507. The molecule has 5 nitrogen and oxygen atoms in total. The summed E-state index contributed by atoms with van der Waals surface area (Å²) in [6, 6.07) is 6.65. The fourth-order valence-electron chi connectivity index (χ4n) is 1.76. The van der Waals surface area contributed by atoms with Crippen molar-refractivity contribution >= 4 is 25.7 Å². The molecule has 0 aliphatic heterocycles. The van der Waals surface area contributed by atoms with E-state index >= 15 is 0 Å². The number of methoxy groups -OCH3 is 1. The molecule has 0 spiro atoms. The fraction of sp³-hybridized carbons (Fsp3) is 0.500. The van der Waals surface area contributed by atoms with Crippen LogP contribution in [0.15, 0.2) is 24.3 Å². The van der Waals surface area contributed by atoms with Crippen LogP contribution >= 0.6 is 10.7 Å². The largest absolute Gasteiger partial charge is 0.492 e. The van der Waals surface area contributed by atoms with E-state index in [1.807, 2.05) is 13.8 Å². The lowest BCUT2D eigenvalue weighted by Gasteiger charge is -2.20. The molecule has 0 aromatic heterocycles. The second-order valence-corrected chi connectivity index (χ2v) is 7.83. The molecular weight excluding hydrogens is 316 g/mol. The van der Waals surface area contributed by atoms with E-state index in [0.717, 1.165) is 0 Å². The summed E-state index contributed by atoms with van der Waals surface area (Å²) < 4.78 is 32.7. The summed E-state index contributed by atoms with van der Waals surface area (Å²) in [6.45, 7) is 3.93. The summed E-state index contributed by atoms with van der Waals surface area (Å²) in [4.78, 5) is 11.6. The van der Waals surface area contributed by atoms with E-state index in [2.05, 4.69) is 4.74 Å². The third kappa shape index (κ3) is 5.93. The molecule has 0 bridgehead atoms. The van der Waals surface area contributed by atoms with Crippen LogP contribution in [0, 0.1) is 11.8 Å². The highest BCUT2D eigenvalue weighted by atomic mass is 35.7. The third-order valence-electron chi connectivity index (χ3n) is 3.10. The second kappa shape index (κ2) is 7.66. The summed E-state index contributed by atoms with van der Waals surface area (Å²) in [7, 11) is 2.98. The van der Waals surface area contributed by atoms with Crippen LogP contribution in [-0.2, 0) is 13.8 Å². The molecule has 0 fully saturated rings. The van der Waals surface area contributed by atoms with Crippen molar-refractivity contribution in [2.24, 2.45) is 11.8 Å². The van der Waals surface area contributed by atoms with Gasteiger partial charge in [0.05, 0.1) is 19.5 Å². The molecule has 1 rings (SSSR count). The van der Waals surface area contributed by atoms with Gasteiger partial charge in [0.15, 0.2) is 0 Å². The number of carbonyl (C=O) groups excluding carboxylic acids is 1. The first-order chi connectivity index (χ1) is 9.74. The third-order valence-corrected chi connectivity index (χ3v) is 4.31. The van der Waals surface area contributed by atoms with Crippen LogP contribution in [0.5, 0.6) is 5.75 Å². The quantitative estimate of drug-likeness (QED) is 0.566. The molecule has 1 unspecified atom stereocenters. The van der Waals surface area contributed by atoms with Crippen molar-refractivity contribution in [2.45, 2.75) is 13.8 Å². The maximum absolute atomic E-state index is 11.6. The first-order valence-corrected chi connectivity index (χ1v) is 8.95. The van der Waals surface area contributed by atoms with Gasteiger partial charge in [-0.1, -0.05) is 26.0 Å². The van der Waals surface area contributed by atoms with Gasteiger partial charge in [-0.3, -0.25) is 0 Å². The molecule has 0 radical (unpaired) electrons. The molecule has 0 saturated carbocycles. The maximum atomic E-state index is 11.6. The number of carbonyl (C=O) groups is 1. The van der Waals surface area contributed by atoms with Crippen molar-refractivity contribution in [3.8, 4) is 5.75 Å². The number of hydrogen-bond acceptors (Lipinski definition) is 5. The van der Waals surface area contributed by atoms with Gasteiger partial charge in [0, 0.05) is 16.6 Å². The number of rotatable bonds is 7. The standard InChI is InChI=1S/C14H19ClO5S/c1-10(2)11(9-21(15,17)18)8-20-13-7-5-4-6-12(13)14(16)19-3/h4-7,10-11H,8-9H2,1-3H3. The van der Waals surface area contributed by atoms with Crippen LogP contribution in [-0.4, -0.2) is 33.9 Å². The number of para-hydroxylation sites is 1. The summed E-state index contributed by atoms with van der Waals surface area (Å²) >= 11 is 0. The lowest BCUT2D eigenvalue weighted by molar-refractivity contribution is 0.0594. The first-order valence-electron chi connectivity index (χ1n) is 6.47. The summed E-state index contributed by atoms with van der Waals surface area (Å²) in [5.41, 5.74) is 0.302. The van der Waals surface area contributed by atoms with Crippen molar-refractivity contribution in [1.82, 2.24) is 0 Å². The van der Waals surface area contributed by atoms with Crippen LogP contribution in [0.3, 0.4) is 0 Å². The average molecular weight is 335 g/mol. The normalized spacial score (nSPS) is 13.0. The molecule has 0 aliphatic rings. The van der Waals surface area contributed by atoms with Gasteiger partial charge in [-0.25, -0.2) is 13.2 Å². The molecular formula is C14H19ClO5S. The van der Waals surface area contributed by atoms with Crippen molar-refractivity contribution < 1.29 is 22.7 Å². The first kappa shape index (κ1) is 17.8. The fourth-order valence-corrected chi connectivity index (χ4v) is 3.23. The number of ether oxygens (including phenoxy) is 2. The summed E-state index contributed by atoms with van der Waals surface area (Å²) in [5, 5.41) is 0. The molecule has 0 N–H and O–H groups in total. The van der Waals surface area contributed by atoms with Gasteiger partial charge in [0.2, 0.25) is 9.05 Å². The Labute approximate surface area is 129 Å². The highest BCUT2D eigenvalue weighted by Crippen LogP contribution is 2.22. The minimum atomic E-state index is -3.60. The number of halogens is 1. The van der Waals surface area contributed by atoms with Gasteiger partial charge < -0.3 is 9.47 Å². The zero-order valence-electron chi connectivity index (χ0n) is 12.2. The molecule has 7 heteroatoms. The lowest BCUT2D eigenvalue weighted by atomic mass is 9.99. The zero-order chi connectivity index (χ0) is 16.0. The SMILES string of the molecule is COC(=O)c1ccccc1OCC(CS(=O)(=O)Cl)C(C)C. The van der Waals surface area contributed by atoms with E-state index in [9.17, 15) is 13.2 Å². The molecule has 0 aliphatic carbocycles. The smallest absolute Gasteiger partial charge is 0.341 e. The Kier molecular flexibility index (Phi) is 6.48. The van der Waals surface area contributed by atoms with Crippen LogP contribution < -0.4 is 4.74 Å². The van der Waals surface area contributed by atoms with Gasteiger partial charge in [-0.15, -0.1) is 0 Å². The Hall–Kier alpha value is -1.27. The molecule has 0 amide bonds. The predicted molar refractivity (Wildman–Crippen MR) is 81.2 cm³/mol. The zero-order valence-corrected chi connectivity index (χ0v) is 13.8. The van der Waals surface area contributed by atoms with Crippen molar-refractivity contribution in [3.05, 3.63) is 29.8 Å². The summed E-state index contributed by atoms with van der Waals surface area (Å²) in [6.07, 6.45) is 0. The molecule has 118 valence electrons. The lowest BCUT2D eigenvalue weighted by Crippen LogP contribution is -2.25. The van der Waals surface area contributed by atoms with E-state index in [1.54, 1.807) is 24.3 Å². The predicted octanol–water partition coefficient (Wildman–Crippen LogP) is 2.69. The van der Waals surface area contributed by atoms with Crippen molar-refractivity contribution in [2.75, 3.05) is 19.5 Å². The van der Waals surface area contributed by atoms with Crippen molar-refractivity contribution in [3.63, 3.8) is 0 Å². The minimum Gasteiger partial charge on any atom is -0.492 e. The molecule has 0 saturated heterocycles. The van der Waals surface area contributed by atoms with Gasteiger partial charge in [-0.05, 0) is 18.1 Å². The van der Waals surface area contributed by atoms with Gasteiger partial charge in [0.25, 0.3) is 0 Å². The molecule has 1 atom stereocenters. The second-order valence-electron chi connectivity index (χ2n) is 5.01. The van der Waals surface area contributed by atoms with Crippen molar-refractivity contribution in [1.29, 1.82) is 0 Å². The van der Waals surface area contributed by atoms with Gasteiger partial charge >= 0.3 is 5.97 Å². The van der Waals surface area contributed by atoms with E-state index in [4.69, 9.17) is 15.4 Å². The van der Waals surface area contributed by atoms with Crippen LogP contribution in [0.25, 0.3) is 0 Å². The highest BCUT2D eigenvalue weighted by molar-refractivity contribution is 8.13. The topological polar surface area (TPSA) is 69.7 Å². The molecule has 0 heterocycles. The Morgan fingerprint density at radius 2 is 1.90 bits per heavy atom. The minimum absolute atomic E-state index is 0.0730. The van der Waals surface area contributed by atoms with E-state index < -0.39 is 15.0 Å². The Balaban J connectivity index is 2.84. The van der Waals surface area contributed by atoms with Gasteiger partial charge in [-0.2, -0.15) is 0 Å². The molecule has 21 heavy (non-hydrogen) atoms. The van der Waals surface area contributed by atoms with Crippen LogP contribution in [0.1, 0.15) is 24.2 Å². The van der Waals surface area contributed by atoms with Crippen LogP contribution in [0.2, 0.25) is 0 Å². The Morgan fingerprint density at radius 1 is 1.29 bits per heavy atom. The van der Waals surface area contributed by atoms with E-state index in [1.165, 1.54) is 7.11 Å². The van der Waals surface area contributed by atoms with Gasteiger partial charge in [0.1, 0.15) is 11.3 Å². The highest BCUT2D eigenvalue weighted by Gasteiger charge is 2.22. The van der Waals surface area contributed by atoms with Crippen LogP contribution in [0.4, 0.5) is 0 Å².